The molecular weight excluding hydrogens is 370 g/mol. The van der Waals surface area contributed by atoms with E-state index < -0.39 is 35.9 Å². The van der Waals surface area contributed by atoms with Gasteiger partial charge < -0.3 is 4.74 Å². The molecule has 0 saturated carbocycles. The van der Waals surface area contributed by atoms with Gasteiger partial charge in [-0.3, -0.25) is 9.78 Å². The second kappa shape index (κ2) is 7.26. The molecule has 6 nitrogen and oxygen atoms in total. The number of carbonyl (C=O) groups excluding carboxylic acids is 1. The van der Waals surface area contributed by atoms with Crippen molar-refractivity contribution in [2.24, 2.45) is 0 Å². The van der Waals surface area contributed by atoms with Crippen molar-refractivity contribution in [1.29, 1.82) is 0 Å². The van der Waals surface area contributed by atoms with Crippen LogP contribution in [-0.4, -0.2) is 39.0 Å². The molecule has 1 atom stereocenters. The van der Waals surface area contributed by atoms with E-state index in [0.717, 1.165) is 4.68 Å². The molecule has 0 aliphatic carbocycles. The van der Waals surface area contributed by atoms with E-state index in [1.807, 2.05) is 0 Å². The third-order valence-corrected chi connectivity index (χ3v) is 3.53. The van der Waals surface area contributed by atoms with Crippen LogP contribution in [0.3, 0.4) is 0 Å². The lowest BCUT2D eigenvalue weighted by molar-refractivity contribution is -0.148. The molecule has 25 heavy (non-hydrogen) atoms. The summed E-state index contributed by atoms with van der Waals surface area (Å²) in [6.45, 7) is -0.0771. The summed E-state index contributed by atoms with van der Waals surface area (Å²) in [5, 5.41) is 3.15. The molecule has 0 aliphatic rings. The number of ether oxygens (including phenoxy) is 1. The zero-order valence-corrected chi connectivity index (χ0v) is 13.4. The quantitative estimate of drug-likeness (QED) is 0.591. The number of benzene rings is 1. The molecule has 0 spiro atoms. The molecule has 2 aromatic rings. The number of aromatic amines is 1. The Kier molecular flexibility index (Phi) is 5.51. The molecule has 0 bridgehead atoms. The van der Waals surface area contributed by atoms with Crippen LogP contribution in [0.1, 0.15) is 13.0 Å². The number of nitrogens with zero attached hydrogens (tertiary/aromatic N) is 2. The van der Waals surface area contributed by atoms with Crippen LogP contribution in [0.25, 0.3) is 11.4 Å². The predicted molar refractivity (Wildman–Crippen MR) is 80.3 cm³/mol. The first-order valence-electron chi connectivity index (χ1n) is 6.89. The van der Waals surface area contributed by atoms with Gasteiger partial charge in [0.1, 0.15) is 11.8 Å². The molecule has 0 amide bonds. The van der Waals surface area contributed by atoms with Crippen LogP contribution in [0.2, 0.25) is 0 Å². The maximum atomic E-state index is 12.8. The van der Waals surface area contributed by atoms with E-state index in [1.165, 1.54) is 31.2 Å². The molecule has 1 heterocycles. The fourth-order valence-corrected chi connectivity index (χ4v) is 1.87. The Morgan fingerprint density at radius 2 is 1.96 bits per heavy atom. The van der Waals surface area contributed by atoms with Gasteiger partial charge >= 0.3 is 18.0 Å². The first-order valence-corrected chi connectivity index (χ1v) is 7.27. The number of alkyl halides is 4. The standard InChI is InChI=1S/C14H12ClF4N3O3/c1-7(10(15)23)22-13(24)20-11(21-22)8-2-4-9(5-3-8)25-6-14(18,19)12(16)17/h2-5,7,12H,6H2,1H3,(H,20,21,24). The van der Waals surface area contributed by atoms with Crippen LogP contribution >= 0.6 is 11.6 Å². The number of hydrogen-bond acceptors (Lipinski definition) is 4. The first-order chi connectivity index (χ1) is 11.6. The zero-order chi connectivity index (χ0) is 18.8. The number of carbonyl (C=O) groups is 1. The number of rotatable bonds is 7. The maximum Gasteiger partial charge on any atom is 0.344 e. The van der Waals surface area contributed by atoms with Crippen molar-refractivity contribution in [2.75, 3.05) is 6.61 Å². The molecular formula is C14H12ClF4N3O3. The smallest absolute Gasteiger partial charge is 0.344 e. The SMILES string of the molecule is CC(C(=O)Cl)n1nc(-c2ccc(OCC(F)(F)C(F)F)cc2)[nH]c1=O. The molecule has 1 unspecified atom stereocenters. The second-order valence-corrected chi connectivity index (χ2v) is 5.45. The van der Waals surface area contributed by atoms with E-state index in [2.05, 4.69) is 14.8 Å². The molecule has 2 rings (SSSR count). The van der Waals surface area contributed by atoms with E-state index in [0.29, 0.717) is 5.56 Å². The van der Waals surface area contributed by atoms with Gasteiger partial charge in [-0.05, 0) is 42.8 Å². The summed E-state index contributed by atoms with van der Waals surface area (Å²) in [6.07, 6.45) is -3.83. The van der Waals surface area contributed by atoms with Gasteiger partial charge in [-0.15, -0.1) is 5.10 Å². The van der Waals surface area contributed by atoms with Crippen molar-refractivity contribution in [2.45, 2.75) is 25.3 Å². The normalized spacial score (nSPS) is 13.1. The minimum atomic E-state index is -4.26. The average molecular weight is 382 g/mol. The highest BCUT2D eigenvalue weighted by Crippen LogP contribution is 2.25. The lowest BCUT2D eigenvalue weighted by Crippen LogP contribution is -2.33. The van der Waals surface area contributed by atoms with Crippen molar-refractivity contribution in [1.82, 2.24) is 14.8 Å². The van der Waals surface area contributed by atoms with E-state index >= 15 is 0 Å². The van der Waals surface area contributed by atoms with E-state index in [-0.39, 0.29) is 11.6 Å². The van der Waals surface area contributed by atoms with Gasteiger partial charge in [-0.25, -0.2) is 18.3 Å². The van der Waals surface area contributed by atoms with E-state index in [1.54, 1.807) is 0 Å². The fraction of sp³-hybridized carbons (Fsp3) is 0.357. The molecule has 11 heteroatoms. The van der Waals surface area contributed by atoms with Crippen LogP contribution in [-0.2, 0) is 4.79 Å². The van der Waals surface area contributed by atoms with Gasteiger partial charge in [0.05, 0.1) is 0 Å². The summed E-state index contributed by atoms with van der Waals surface area (Å²) in [7, 11) is 0. The van der Waals surface area contributed by atoms with Gasteiger partial charge in [-0.2, -0.15) is 8.78 Å². The van der Waals surface area contributed by atoms with Crippen molar-refractivity contribution < 1.29 is 27.1 Å². The molecule has 0 radical (unpaired) electrons. The predicted octanol–water partition coefficient (Wildman–Crippen LogP) is 2.84. The number of nitrogens with one attached hydrogen (secondary N) is 1. The summed E-state index contributed by atoms with van der Waals surface area (Å²) in [5.74, 6) is -4.21. The molecule has 1 aromatic carbocycles. The van der Waals surface area contributed by atoms with Crippen molar-refractivity contribution >= 4 is 16.8 Å². The van der Waals surface area contributed by atoms with Crippen LogP contribution in [0.15, 0.2) is 29.1 Å². The van der Waals surface area contributed by atoms with Gasteiger partial charge in [-0.1, -0.05) is 0 Å². The van der Waals surface area contributed by atoms with Crippen molar-refractivity contribution in [3.05, 3.63) is 34.7 Å². The molecule has 136 valence electrons. The molecule has 0 fully saturated rings. The molecule has 1 N–H and O–H groups in total. The van der Waals surface area contributed by atoms with Crippen LogP contribution in [0.5, 0.6) is 5.75 Å². The molecule has 0 saturated heterocycles. The summed E-state index contributed by atoms with van der Waals surface area (Å²) in [5.41, 5.74) is -0.272. The summed E-state index contributed by atoms with van der Waals surface area (Å²) >= 11 is 5.32. The summed E-state index contributed by atoms with van der Waals surface area (Å²) < 4.78 is 55.2. The van der Waals surface area contributed by atoms with Crippen LogP contribution in [0, 0.1) is 0 Å². The number of aromatic nitrogens is 3. The van der Waals surface area contributed by atoms with E-state index in [9.17, 15) is 27.2 Å². The van der Waals surface area contributed by atoms with E-state index in [4.69, 9.17) is 11.6 Å². The average Bonchev–Trinajstić information content (AvgIpc) is 2.94. The summed E-state index contributed by atoms with van der Waals surface area (Å²) in [4.78, 5) is 25.3. The fourth-order valence-electron chi connectivity index (χ4n) is 1.78. The van der Waals surface area contributed by atoms with Crippen LogP contribution in [0.4, 0.5) is 17.6 Å². The summed E-state index contributed by atoms with van der Waals surface area (Å²) in [6, 6.07) is 4.30. The third-order valence-electron chi connectivity index (χ3n) is 3.21. The monoisotopic (exact) mass is 381 g/mol. The van der Waals surface area contributed by atoms with Gasteiger partial charge in [0.15, 0.2) is 12.4 Å². The second-order valence-electron chi connectivity index (χ2n) is 5.08. The van der Waals surface area contributed by atoms with Crippen LogP contribution < -0.4 is 10.4 Å². The number of halogens is 5. The van der Waals surface area contributed by atoms with Gasteiger partial charge in [0.2, 0.25) is 5.24 Å². The minimum Gasteiger partial charge on any atom is -0.487 e. The number of H-pyrrole nitrogens is 1. The first kappa shape index (κ1) is 19.0. The highest BCUT2D eigenvalue weighted by Gasteiger charge is 2.41. The Hall–Kier alpha value is -2.36. The highest BCUT2D eigenvalue weighted by molar-refractivity contribution is 6.64. The minimum absolute atomic E-state index is 0.0600. The lowest BCUT2D eigenvalue weighted by atomic mass is 10.2. The maximum absolute atomic E-state index is 12.8. The Balaban J connectivity index is 2.14. The Labute approximate surface area is 143 Å². The number of hydrogen-bond donors (Lipinski definition) is 1. The molecule has 0 aliphatic heterocycles. The van der Waals surface area contributed by atoms with Crippen molar-refractivity contribution in [3.63, 3.8) is 0 Å². The van der Waals surface area contributed by atoms with Crippen molar-refractivity contribution in [3.8, 4) is 17.1 Å². The third kappa shape index (κ3) is 4.38. The largest absolute Gasteiger partial charge is 0.487 e. The van der Waals surface area contributed by atoms with Gasteiger partial charge in [0.25, 0.3) is 0 Å². The topological polar surface area (TPSA) is 77.0 Å². The highest BCUT2D eigenvalue weighted by atomic mass is 35.5. The Morgan fingerprint density at radius 3 is 2.48 bits per heavy atom. The Bertz CT molecular complexity index is 804. The lowest BCUT2D eigenvalue weighted by Gasteiger charge is -2.15. The molecule has 1 aromatic heterocycles. The zero-order valence-electron chi connectivity index (χ0n) is 12.7. The van der Waals surface area contributed by atoms with Gasteiger partial charge in [0, 0.05) is 5.56 Å². The Morgan fingerprint density at radius 1 is 1.36 bits per heavy atom.